The summed E-state index contributed by atoms with van der Waals surface area (Å²) in [4.78, 5) is 20.2. The lowest BCUT2D eigenvalue weighted by Gasteiger charge is -2.10. The molecular weight excluding hydrogens is 308 g/mol. The van der Waals surface area contributed by atoms with Crippen molar-refractivity contribution >= 4 is 5.91 Å². The van der Waals surface area contributed by atoms with Crippen LogP contribution in [0.25, 0.3) is 0 Å². The fourth-order valence-corrected chi connectivity index (χ4v) is 2.20. The normalized spacial score (nSPS) is 11.9. The molecule has 7 heteroatoms. The SMILES string of the molecule is C[C@H](NC(=O)c1ccncc1O)c1noc(Cc2ccccc2)n1. The predicted molar refractivity (Wildman–Crippen MR) is 85.3 cm³/mol. The van der Waals surface area contributed by atoms with Crippen molar-refractivity contribution in [3.8, 4) is 5.75 Å². The Morgan fingerprint density at radius 1 is 1.29 bits per heavy atom. The molecule has 2 aromatic heterocycles. The summed E-state index contributed by atoms with van der Waals surface area (Å²) in [7, 11) is 0. The Hall–Kier alpha value is -3.22. The van der Waals surface area contributed by atoms with Crippen molar-refractivity contribution in [1.29, 1.82) is 0 Å². The minimum atomic E-state index is -0.460. The van der Waals surface area contributed by atoms with Crippen molar-refractivity contribution < 1.29 is 14.4 Å². The van der Waals surface area contributed by atoms with Gasteiger partial charge < -0.3 is 14.9 Å². The maximum Gasteiger partial charge on any atom is 0.255 e. The monoisotopic (exact) mass is 324 g/mol. The first-order valence-corrected chi connectivity index (χ1v) is 7.43. The van der Waals surface area contributed by atoms with Gasteiger partial charge in [0.15, 0.2) is 5.82 Å². The van der Waals surface area contributed by atoms with Crippen LogP contribution in [-0.2, 0) is 6.42 Å². The Labute approximate surface area is 138 Å². The lowest BCUT2D eigenvalue weighted by Crippen LogP contribution is -2.27. The summed E-state index contributed by atoms with van der Waals surface area (Å²) in [6, 6.07) is 10.7. The molecule has 3 aromatic rings. The van der Waals surface area contributed by atoms with Crippen LogP contribution in [0.4, 0.5) is 0 Å². The van der Waals surface area contributed by atoms with Gasteiger partial charge in [0.25, 0.3) is 5.91 Å². The number of aromatic hydroxyl groups is 1. The highest BCUT2D eigenvalue weighted by molar-refractivity contribution is 5.96. The zero-order chi connectivity index (χ0) is 16.9. The summed E-state index contributed by atoms with van der Waals surface area (Å²) < 4.78 is 5.23. The second kappa shape index (κ2) is 6.91. The van der Waals surface area contributed by atoms with E-state index in [9.17, 15) is 9.90 Å². The molecular formula is C17H16N4O3. The Bertz CT molecular complexity index is 833. The van der Waals surface area contributed by atoms with E-state index < -0.39 is 11.9 Å². The summed E-state index contributed by atoms with van der Waals surface area (Å²) in [5, 5.41) is 16.3. The van der Waals surface area contributed by atoms with E-state index in [4.69, 9.17) is 4.52 Å². The van der Waals surface area contributed by atoms with Crippen LogP contribution in [-0.4, -0.2) is 26.1 Å². The van der Waals surface area contributed by atoms with E-state index >= 15 is 0 Å². The lowest BCUT2D eigenvalue weighted by atomic mass is 10.1. The van der Waals surface area contributed by atoms with Crippen molar-refractivity contribution in [1.82, 2.24) is 20.4 Å². The van der Waals surface area contributed by atoms with Gasteiger partial charge in [-0.3, -0.25) is 9.78 Å². The first-order valence-electron chi connectivity index (χ1n) is 7.43. The molecule has 1 aromatic carbocycles. The molecule has 122 valence electrons. The molecule has 2 N–H and O–H groups in total. The average Bonchev–Trinajstić information content (AvgIpc) is 3.04. The van der Waals surface area contributed by atoms with Crippen LogP contribution >= 0.6 is 0 Å². The second-order valence-corrected chi connectivity index (χ2v) is 5.30. The van der Waals surface area contributed by atoms with Gasteiger partial charge in [-0.2, -0.15) is 4.98 Å². The zero-order valence-electron chi connectivity index (χ0n) is 13.0. The van der Waals surface area contributed by atoms with Crippen molar-refractivity contribution in [3.63, 3.8) is 0 Å². The zero-order valence-corrected chi connectivity index (χ0v) is 13.0. The fraction of sp³-hybridized carbons (Fsp3) is 0.176. The van der Waals surface area contributed by atoms with Crippen LogP contribution in [0.15, 0.2) is 53.3 Å². The molecule has 2 heterocycles. The van der Waals surface area contributed by atoms with E-state index in [-0.39, 0.29) is 11.3 Å². The van der Waals surface area contributed by atoms with Gasteiger partial charge in [-0.25, -0.2) is 0 Å². The highest BCUT2D eigenvalue weighted by atomic mass is 16.5. The van der Waals surface area contributed by atoms with E-state index in [1.54, 1.807) is 6.92 Å². The van der Waals surface area contributed by atoms with E-state index in [0.29, 0.717) is 18.1 Å². The van der Waals surface area contributed by atoms with Crippen LogP contribution in [0, 0.1) is 0 Å². The van der Waals surface area contributed by atoms with Crippen molar-refractivity contribution in [2.45, 2.75) is 19.4 Å². The third kappa shape index (κ3) is 3.57. The molecule has 0 aliphatic rings. The third-order valence-electron chi connectivity index (χ3n) is 3.46. The second-order valence-electron chi connectivity index (χ2n) is 5.30. The van der Waals surface area contributed by atoms with Crippen molar-refractivity contribution in [3.05, 3.63) is 71.6 Å². The summed E-state index contributed by atoms with van der Waals surface area (Å²) >= 11 is 0. The van der Waals surface area contributed by atoms with Gasteiger partial charge in [-0.05, 0) is 18.6 Å². The third-order valence-corrected chi connectivity index (χ3v) is 3.46. The summed E-state index contributed by atoms with van der Waals surface area (Å²) in [5.74, 6) is 0.240. The Morgan fingerprint density at radius 3 is 2.83 bits per heavy atom. The smallest absolute Gasteiger partial charge is 0.255 e. The molecule has 0 aliphatic heterocycles. The number of aromatic nitrogens is 3. The maximum absolute atomic E-state index is 12.2. The molecule has 0 spiro atoms. The topological polar surface area (TPSA) is 101 Å². The molecule has 1 amide bonds. The number of nitrogens with one attached hydrogen (secondary N) is 1. The van der Waals surface area contributed by atoms with Crippen LogP contribution in [0.5, 0.6) is 5.75 Å². The number of pyridine rings is 1. The highest BCUT2D eigenvalue weighted by Gasteiger charge is 2.18. The average molecular weight is 324 g/mol. The molecule has 0 saturated heterocycles. The predicted octanol–water partition coefficient (Wildman–Crippen LogP) is 2.25. The van der Waals surface area contributed by atoms with Gasteiger partial charge in [0, 0.05) is 6.20 Å². The molecule has 7 nitrogen and oxygen atoms in total. The van der Waals surface area contributed by atoms with E-state index in [1.165, 1.54) is 18.5 Å². The fourth-order valence-electron chi connectivity index (χ4n) is 2.20. The summed E-state index contributed by atoms with van der Waals surface area (Å²) in [6.07, 6.45) is 3.18. The first kappa shape index (κ1) is 15.7. The van der Waals surface area contributed by atoms with Gasteiger partial charge in [-0.1, -0.05) is 35.5 Å². The number of rotatable bonds is 5. The molecule has 0 radical (unpaired) electrons. The molecule has 0 aliphatic carbocycles. The number of hydrogen-bond donors (Lipinski definition) is 2. The standard InChI is InChI=1S/C17H16N4O3/c1-11(19-17(23)13-7-8-18-10-14(13)22)16-20-15(24-21-16)9-12-5-3-2-4-6-12/h2-8,10-11,22H,9H2,1H3,(H,19,23)/t11-/m0/s1. The van der Waals surface area contributed by atoms with Crippen LogP contribution < -0.4 is 5.32 Å². The van der Waals surface area contributed by atoms with Gasteiger partial charge in [0.2, 0.25) is 5.89 Å². The molecule has 0 bridgehead atoms. The van der Waals surface area contributed by atoms with Gasteiger partial charge in [0.1, 0.15) is 5.75 Å². The Kier molecular flexibility index (Phi) is 4.51. The quantitative estimate of drug-likeness (QED) is 0.746. The highest BCUT2D eigenvalue weighted by Crippen LogP contribution is 2.16. The number of hydrogen-bond acceptors (Lipinski definition) is 6. The maximum atomic E-state index is 12.2. The summed E-state index contributed by atoms with van der Waals surface area (Å²) in [6.45, 7) is 1.74. The Morgan fingerprint density at radius 2 is 2.08 bits per heavy atom. The van der Waals surface area contributed by atoms with Crippen LogP contribution in [0.2, 0.25) is 0 Å². The van der Waals surface area contributed by atoms with Crippen LogP contribution in [0.3, 0.4) is 0 Å². The molecule has 0 unspecified atom stereocenters. The minimum Gasteiger partial charge on any atom is -0.505 e. The molecule has 0 fully saturated rings. The molecule has 0 saturated carbocycles. The number of nitrogens with zero attached hydrogens (tertiary/aromatic N) is 3. The molecule has 3 rings (SSSR count). The van der Waals surface area contributed by atoms with E-state index in [1.807, 2.05) is 30.3 Å². The number of carbonyl (C=O) groups excluding carboxylic acids is 1. The first-order chi connectivity index (χ1) is 11.6. The van der Waals surface area contributed by atoms with E-state index in [2.05, 4.69) is 20.4 Å². The van der Waals surface area contributed by atoms with E-state index in [0.717, 1.165) is 5.56 Å². The van der Waals surface area contributed by atoms with Gasteiger partial charge in [0.05, 0.1) is 24.2 Å². The number of benzene rings is 1. The molecule has 24 heavy (non-hydrogen) atoms. The Balaban J connectivity index is 1.66. The lowest BCUT2D eigenvalue weighted by molar-refractivity contribution is 0.0935. The number of carbonyl (C=O) groups is 1. The minimum absolute atomic E-state index is 0.143. The largest absolute Gasteiger partial charge is 0.505 e. The van der Waals surface area contributed by atoms with Crippen molar-refractivity contribution in [2.24, 2.45) is 0 Å². The van der Waals surface area contributed by atoms with Gasteiger partial charge in [-0.15, -0.1) is 0 Å². The van der Waals surface area contributed by atoms with Crippen LogP contribution in [0.1, 0.15) is 40.6 Å². The number of amides is 1. The summed E-state index contributed by atoms with van der Waals surface area (Å²) in [5.41, 5.74) is 1.20. The molecule has 1 atom stereocenters. The van der Waals surface area contributed by atoms with Gasteiger partial charge >= 0.3 is 0 Å². The van der Waals surface area contributed by atoms with Crippen molar-refractivity contribution in [2.75, 3.05) is 0 Å².